The minimum Gasteiger partial charge on any atom is -0.489 e. The van der Waals surface area contributed by atoms with Crippen molar-refractivity contribution in [2.75, 3.05) is 44.7 Å². The normalized spacial score (nSPS) is 13.9. The molecule has 34 heavy (non-hydrogen) atoms. The quantitative estimate of drug-likeness (QED) is 0.453. The van der Waals surface area contributed by atoms with E-state index in [-0.39, 0.29) is 6.03 Å². The summed E-state index contributed by atoms with van der Waals surface area (Å²) in [5, 5.41) is 3.56. The van der Waals surface area contributed by atoms with Crippen molar-refractivity contribution in [1.82, 2.24) is 9.80 Å². The number of carbonyl (C=O) groups excluding carboxylic acids is 1. The van der Waals surface area contributed by atoms with Gasteiger partial charge in [0.15, 0.2) is 0 Å². The number of halogens is 1. The van der Waals surface area contributed by atoms with Crippen LogP contribution >= 0.6 is 11.6 Å². The second-order valence-corrected chi connectivity index (χ2v) is 8.67. The molecule has 3 aromatic carbocycles. The van der Waals surface area contributed by atoms with Gasteiger partial charge in [-0.3, -0.25) is 4.90 Å². The van der Waals surface area contributed by atoms with Gasteiger partial charge in [0, 0.05) is 43.4 Å². The van der Waals surface area contributed by atoms with Crippen LogP contribution in [0.3, 0.4) is 0 Å². The maximum absolute atomic E-state index is 13.2. The van der Waals surface area contributed by atoms with Crippen LogP contribution in [0.25, 0.3) is 0 Å². The highest BCUT2D eigenvalue weighted by molar-refractivity contribution is 6.30. The van der Waals surface area contributed by atoms with Gasteiger partial charge in [0.1, 0.15) is 12.4 Å². The van der Waals surface area contributed by atoms with Crippen molar-refractivity contribution in [2.45, 2.75) is 13.2 Å². The van der Waals surface area contributed by atoms with Crippen molar-refractivity contribution >= 4 is 23.3 Å². The van der Waals surface area contributed by atoms with Gasteiger partial charge in [0.05, 0.1) is 13.2 Å². The van der Waals surface area contributed by atoms with Gasteiger partial charge in [-0.2, -0.15) is 0 Å². The maximum Gasteiger partial charge on any atom is 0.322 e. The molecule has 0 spiro atoms. The first kappa shape index (κ1) is 24.1. The fourth-order valence-corrected chi connectivity index (χ4v) is 3.99. The lowest BCUT2D eigenvalue weighted by molar-refractivity contribution is 0.0349. The molecule has 0 aromatic heterocycles. The number of hydrogen-bond donors (Lipinski definition) is 1. The number of ether oxygens (including phenoxy) is 2. The lowest BCUT2D eigenvalue weighted by Gasteiger charge is -2.30. The Morgan fingerprint density at radius 2 is 1.74 bits per heavy atom. The minimum absolute atomic E-state index is 0.161. The van der Waals surface area contributed by atoms with Crippen molar-refractivity contribution in [1.29, 1.82) is 0 Å². The molecule has 0 radical (unpaired) electrons. The standard InChI is InChI=1S/C27H30ClN3O3/c28-24-9-5-10-25(19-24)29-27(32)31(13-12-30-14-16-33-17-15-30)20-23-8-4-11-26(18-23)34-21-22-6-2-1-3-7-22/h1-11,18-19H,12-17,20-21H2,(H,29,32). The summed E-state index contributed by atoms with van der Waals surface area (Å²) >= 11 is 6.09. The van der Waals surface area contributed by atoms with Crippen LogP contribution in [0, 0.1) is 0 Å². The van der Waals surface area contributed by atoms with Crippen molar-refractivity contribution in [3.63, 3.8) is 0 Å². The predicted octanol–water partition coefficient (Wildman–Crippen LogP) is 5.29. The Balaban J connectivity index is 1.42. The van der Waals surface area contributed by atoms with E-state index in [0.29, 0.717) is 30.4 Å². The van der Waals surface area contributed by atoms with Crippen LogP contribution in [-0.4, -0.2) is 55.2 Å². The van der Waals surface area contributed by atoms with E-state index in [1.165, 1.54) is 0 Å². The number of morpholine rings is 1. The Hall–Kier alpha value is -3.06. The average Bonchev–Trinajstić information content (AvgIpc) is 2.87. The number of anilines is 1. The Morgan fingerprint density at radius 3 is 2.53 bits per heavy atom. The summed E-state index contributed by atoms with van der Waals surface area (Å²) in [4.78, 5) is 17.3. The molecular weight excluding hydrogens is 450 g/mol. The third-order valence-corrected chi connectivity index (χ3v) is 5.91. The molecule has 0 bridgehead atoms. The molecule has 1 N–H and O–H groups in total. The first-order valence-electron chi connectivity index (χ1n) is 11.5. The largest absolute Gasteiger partial charge is 0.489 e. The number of rotatable bonds is 9. The van der Waals surface area contributed by atoms with E-state index in [1.807, 2.05) is 71.6 Å². The second kappa shape index (κ2) is 12.4. The highest BCUT2D eigenvalue weighted by Gasteiger charge is 2.18. The molecule has 1 fully saturated rings. The van der Waals surface area contributed by atoms with Gasteiger partial charge >= 0.3 is 6.03 Å². The van der Waals surface area contributed by atoms with E-state index in [1.54, 1.807) is 12.1 Å². The molecule has 1 aliphatic heterocycles. The molecule has 3 aromatic rings. The van der Waals surface area contributed by atoms with Crippen LogP contribution in [0.2, 0.25) is 5.02 Å². The fourth-order valence-electron chi connectivity index (χ4n) is 3.80. The van der Waals surface area contributed by atoms with Gasteiger partial charge in [-0.1, -0.05) is 60.1 Å². The number of benzene rings is 3. The van der Waals surface area contributed by atoms with Gasteiger partial charge in [0.2, 0.25) is 0 Å². The first-order chi connectivity index (χ1) is 16.7. The first-order valence-corrected chi connectivity index (χ1v) is 11.9. The van der Waals surface area contributed by atoms with E-state index in [9.17, 15) is 4.79 Å². The van der Waals surface area contributed by atoms with Crippen LogP contribution in [0.5, 0.6) is 5.75 Å². The lowest BCUT2D eigenvalue weighted by Crippen LogP contribution is -2.44. The van der Waals surface area contributed by atoms with Gasteiger partial charge in [-0.15, -0.1) is 0 Å². The zero-order valence-corrected chi connectivity index (χ0v) is 19.9. The maximum atomic E-state index is 13.2. The number of urea groups is 1. The molecule has 0 aliphatic carbocycles. The molecule has 6 nitrogen and oxygen atoms in total. The van der Waals surface area contributed by atoms with E-state index < -0.39 is 0 Å². The molecule has 0 atom stereocenters. The van der Waals surface area contributed by atoms with Crippen LogP contribution in [0.15, 0.2) is 78.9 Å². The third-order valence-electron chi connectivity index (χ3n) is 5.67. The van der Waals surface area contributed by atoms with E-state index in [2.05, 4.69) is 10.2 Å². The van der Waals surface area contributed by atoms with Crippen molar-refractivity contribution in [3.8, 4) is 5.75 Å². The van der Waals surface area contributed by atoms with Crippen molar-refractivity contribution in [3.05, 3.63) is 95.0 Å². The molecule has 0 saturated carbocycles. The summed E-state index contributed by atoms with van der Waals surface area (Å²) < 4.78 is 11.4. The Bertz CT molecular complexity index is 1060. The van der Waals surface area contributed by atoms with Gasteiger partial charge in [-0.25, -0.2) is 4.79 Å². The zero-order valence-electron chi connectivity index (χ0n) is 19.2. The summed E-state index contributed by atoms with van der Waals surface area (Å²) in [6, 6.07) is 25.0. The van der Waals surface area contributed by atoms with Crippen LogP contribution in [0.4, 0.5) is 10.5 Å². The molecule has 0 unspecified atom stereocenters. The van der Waals surface area contributed by atoms with Crippen molar-refractivity contribution in [2.24, 2.45) is 0 Å². The fraction of sp³-hybridized carbons (Fsp3) is 0.296. The SMILES string of the molecule is O=C(Nc1cccc(Cl)c1)N(CCN1CCOCC1)Cc1cccc(OCc2ccccc2)c1. The Morgan fingerprint density at radius 1 is 0.971 bits per heavy atom. The third kappa shape index (κ3) is 7.48. The minimum atomic E-state index is -0.161. The smallest absolute Gasteiger partial charge is 0.322 e. The van der Waals surface area contributed by atoms with Crippen molar-refractivity contribution < 1.29 is 14.3 Å². The average molecular weight is 480 g/mol. The monoisotopic (exact) mass is 479 g/mol. The van der Waals surface area contributed by atoms with E-state index in [4.69, 9.17) is 21.1 Å². The van der Waals surface area contributed by atoms with E-state index >= 15 is 0 Å². The molecule has 1 saturated heterocycles. The van der Waals surface area contributed by atoms with Crippen LogP contribution < -0.4 is 10.1 Å². The number of nitrogens with zero attached hydrogens (tertiary/aromatic N) is 2. The summed E-state index contributed by atoms with van der Waals surface area (Å²) in [6.45, 7) is 5.59. The molecule has 178 valence electrons. The summed E-state index contributed by atoms with van der Waals surface area (Å²) in [6.07, 6.45) is 0. The Labute approximate surface area is 206 Å². The second-order valence-electron chi connectivity index (χ2n) is 8.24. The van der Waals surface area contributed by atoms with E-state index in [0.717, 1.165) is 49.7 Å². The summed E-state index contributed by atoms with van der Waals surface area (Å²) in [5.74, 6) is 0.782. The molecule has 2 amide bonds. The number of hydrogen-bond acceptors (Lipinski definition) is 4. The van der Waals surface area contributed by atoms with Crippen LogP contribution in [0.1, 0.15) is 11.1 Å². The highest BCUT2D eigenvalue weighted by Crippen LogP contribution is 2.19. The highest BCUT2D eigenvalue weighted by atomic mass is 35.5. The predicted molar refractivity (Wildman–Crippen MR) is 135 cm³/mol. The molecule has 4 rings (SSSR count). The Kier molecular flexibility index (Phi) is 8.79. The number of nitrogens with one attached hydrogen (secondary N) is 1. The van der Waals surface area contributed by atoms with Gasteiger partial charge in [0.25, 0.3) is 0 Å². The summed E-state index contributed by atoms with van der Waals surface area (Å²) in [5.41, 5.74) is 2.79. The topological polar surface area (TPSA) is 54.0 Å². The van der Waals surface area contributed by atoms with Crippen LogP contribution in [-0.2, 0) is 17.9 Å². The zero-order chi connectivity index (χ0) is 23.6. The van der Waals surface area contributed by atoms with Gasteiger partial charge in [-0.05, 0) is 41.5 Å². The lowest BCUT2D eigenvalue weighted by atomic mass is 10.2. The summed E-state index contributed by atoms with van der Waals surface area (Å²) in [7, 11) is 0. The number of amides is 2. The molecule has 7 heteroatoms. The molecule has 1 heterocycles. The number of carbonyl (C=O) groups is 1. The van der Waals surface area contributed by atoms with Gasteiger partial charge < -0.3 is 19.7 Å². The molecule has 1 aliphatic rings. The molecular formula is C27H30ClN3O3.